The van der Waals surface area contributed by atoms with Crippen LogP contribution in [0, 0.1) is 6.92 Å². The second-order valence-electron chi connectivity index (χ2n) is 6.18. The molecule has 0 spiro atoms. The molecule has 1 aromatic heterocycles. The molecule has 6 heteroatoms. The number of methoxy groups -OCH3 is 1. The molecule has 2 aromatic rings. The molecule has 0 amide bonds. The van der Waals surface area contributed by atoms with Crippen molar-refractivity contribution < 1.29 is 14.3 Å². The number of hydrogen-bond acceptors (Lipinski definition) is 6. The minimum absolute atomic E-state index is 0.00651. The lowest BCUT2D eigenvalue weighted by Gasteiger charge is -2.32. The summed E-state index contributed by atoms with van der Waals surface area (Å²) in [5.41, 5.74) is 1.31. The first-order valence-electron chi connectivity index (χ1n) is 8.47. The molecule has 0 atom stereocenters. The average molecular weight is 341 g/mol. The molecule has 0 radical (unpaired) electrons. The lowest BCUT2D eigenvalue weighted by molar-refractivity contribution is 0.101. The summed E-state index contributed by atoms with van der Waals surface area (Å²) in [6.07, 6.45) is 3.53. The van der Waals surface area contributed by atoms with E-state index >= 15 is 0 Å². The van der Waals surface area contributed by atoms with E-state index in [1.807, 2.05) is 31.2 Å². The van der Waals surface area contributed by atoms with Crippen molar-refractivity contribution in [3.63, 3.8) is 0 Å². The van der Waals surface area contributed by atoms with Crippen LogP contribution in [-0.2, 0) is 0 Å². The van der Waals surface area contributed by atoms with Gasteiger partial charge in [-0.05, 0) is 26.0 Å². The standard InChI is InChI=1S/C19H23N3O3/c1-13-16(14(2)23)12-20-19(21-13)22-10-8-15(9-11-22)25-18-7-5-4-6-17(18)24-3/h4-7,12,15H,8-11H2,1-3H3. The Kier molecular flexibility index (Phi) is 5.16. The number of hydrogen-bond donors (Lipinski definition) is 0. The van der Waals surface area contributed by atoms with Gasteiger partial charge in [-0.15, -0.1) is 0 Å². The van der Waals surface area contributed by atoms with E-state index in [0.29, 0.717) is 11.5 Å². The summed E-state index contributed by atoms with van der Waals surface area (Å²) in [5, 5.41) is 0. The van der Waals surface area contributed by atoms with Crippen LogP contribution in [0.15, 0.2) is 30.5 Å². The van der Waals surface area contributed by atoms with Crippen LogP contribution in [0.3, 0.4) is 0 Å². The van der Waals surface area contributed by atoms with Crippen LogP contribution in [0.2, 0.25) is 0 Å². The SMILES string of the molecule is COc1ccccc1OC1CCN(c2ncc(C(C)=O)c(C)n2)CC1. The highest BCUT2D eigenvalue weighted by molar-refractivity contribution is 5.94. The summed E-state index contributed by atoms with van der Waals surface area (Å²) < 4.78 is 11.4. The quantitative estimate of drug-likeness (QED) is 0.779. The van der Waals surface area contributed by atoms with Gasteiger partial charge in [-0.3, -0.25) is 4.79 Å². The molecule has 1 fully saturated rings. The van der Waals surface area contributed by atoms with Crippen LogP contribution in [0.25, 0.3) is 0 Å². The number of ether oxygens (including phenoxy) is 2. The van der Waals surface area contributed by atoms with E-state index < -0.39 is 0 Å². The maximum Gasteiger partial charge on any atom is 0.225 e. The van der Waals surface area contributed by atoms with Crippen molar-refractivity contribution in [2.45, 2.75) is 32.8 Å². The number of benzene rings is 1. The van der Waals surface area contributed by atoms with Crippen LogP contribution in [0.1, 0.15) is 35.8 Å². The Hall–Kier alpha value is -2.63. The molecular weight excluding hydrogens is 318 g/mol. The Labute approximate surface area is 147 Å². The number of ketones is 1. The number of nitrogens with zero attached hydrogens (tertiary/aromatic N) is 3. The summed E-state index contributed by atoms with van der Waals surface area (Å²) in [4.78, 5) is 22.5. The summed E-state index contributed by atoms with van der Waals surface area (Å²) in [6, 6.07) is 7.70. The maximum atomic E-state index is 11.5. The van der Waals surface area contributed by atoms with E-state index in [2.05, 4.69) is 14.9 Å². The molecular formula is C19H23N3O3. The third-order valence-corrected chi connectivity index (χ3v) is 4.43. The summed E-state index contributed by atoms with van der Waals surface area (Å²) in [5.74, 6) is 2.20. The number of carbonyl (C=O) groups is 1. The van der Waals surface area contributed by atoms with Crippen molar-refractivity contribution in [1.29, 1.82) is 0 Å². The van der Waals surface area contributed by atoms with Crippen LogP contribution in [0.4, 0.5) is 5.95 Å². The zero-order valence-electron chi connectivity index (χ0n) is 14.9. The summed E-state index contributed by atoms with van der Waals surface area (Å²) in [6.45, 7) is 5.02. The second-order valence-corrected chi connectivity index (χ2v) is 6.18. The zero-order chi connectivity index (χ0) is 17.8. The fraction of sp³-hybridized carbons (Fsp3) is 0.421. The highest BCUT2D eigenvalue weighted by atomic mass is 16.5. The molecule has 1 aliphatic heterocycles. The van der Waals surface area contributed by atoms with Crippen molar-refractivity contribution >= 4 is 11.7 Å². The molecule has 2 heterocycles. The van der Waals surface area contributed by atoms with Crippen LogP contribution in [0.5, 0.6) is 11.5 Å². The number of carbonyl (C=O) groups excluding carboxylic acids is 1. The molecule has 132 valence electrons. The van der Waals surface area contributed by atoms with E-state index in [1.54, 1.807) is 13.3 Å². The van der Waals surface area contributed by atoms with Gasteiger partial charge in [0.15, 0.2) is 17.3 Å². The van der Waals surface area contributed by atoms with Gasteiger partial charge in [0.2, 0.25) is 5.95 Å². The Bertz CT molecular complexity index is 755. The first kappa shape index (κ1) is 17.2. The van der Waals surface area contributed by atoms with Gasteiger partial charge < -0.3 is 14.4 Å². The molecule has 0 aliphatic carbocycles. The monoisotopic (exact) mass is 341 g/mol. The Morgan fingerprint density at radius 1 is 1.20 bits per heavy atom. The summed E-state index contributed by atoms with van der Waals surface area (Å²) in [7, 11) is 1.65. The lowest BCUT2D eigenvalue weighted by Crippen LogP contribution is -2.39. The van der Waals surface area contributed by atoms with Gasteiger partial charge in [0.1, 0.15) is 6.10 Å². The molecule has 0 bridgehead atoms. The minimum atomic E-state index is -0.00651. The van der Waals surface area contributed by atoms with Crippen molar-refractivity contribution in [3.05, 3.63) is 41.7 Å². The first-order valence-corrected chi connectivity index (χ1v) is 8.47. The lowest BCUT2D eigenvalue weighted by atomic mass is 10.1. The zero-order valence-corrected chi connectivity index (χ0v) is 14.9. The van der Waals surface area contributed by atoms with Gasteiger partial charge in [0, 0.05) is 32.1 Å². The van der Waals surface area contributed by atoms with Crippen molar-refractivity contribution in [3.8, 4) is 11.5 Å². The van der Waals surface area contributed by atoms with Gasteiger partial charge in [-0.1, -0.05) is 12.1 Å². The first-order chi connectivity index (χ1) is 12.1. The molecule has 0 saturated carbocycles. The maximum absolute atomic E-state index is 11.5. The normalized spacial score (nSPS) is 15.1. The highest BCUT2D eigenvalue weighted by Crippen LogP contribution is 2.29. The Balaban J connectivity index is 1.62. The molecule has 1 aliphatic rings. The fourth-order valence-electron chi connectivity index (χ4n) is 3.02. The predicted molar refractivity (Wildman–Crippen MR) is 95.6 cm³/mol. The molecule has 1 aromatic carbocycles. The van der Waals surface area contributed by atoms with Crippen molar-refractivity contribution in [1.82, 2.24) is 9.97 Å². The van der Waals surface area contributed by atoms with Crippen LogP contribution < -0.4 is 14.4 Å². The van der Waals surface area contributed by atoms with Crippen LogP contribution in [-0.4, -0.2) is 42.1 Å². The van der Waals surface area contributed by atoms with Gasteiger partial charge >= 0.3 is 0 Å². The number of para-hydroxylation sites is 2. The molecule has 25 heavy (non-hydrogen) atoms. The number of aryl methyl sites for hydroxylation is 1. The molecule has 0 N–H and O–H groups in total. The van der Waals surface area contributed by atoms with E-state index in [9.17, 15) is 4.79 Å². The molecule has 3 rings (SSSR count). The topological polar surface area (TPSA) is 64.6 Å². The number of Topliss-reactive ketones (excluding diaryl/α,β-unsaturated/α-hetero) is 1. The Morgan fingerprint density at radius 3 is 2.48 bits per heavy atom. The van der Waals surface area contributed by atoms with E-state index in [1.165, 1.54) is 6.92 Å². The van der Waals surface area contributed by atoms with Crippen molar-refractivity contribution in [2.75, 3.05) is 25.1 Å². The van der Waals surface area contributed by atoms with Gasteiger partial charge in [-0.25, -0.2) is 9.97 Å². The third-order valence-electron chi connectivity index (χ3n) is 4.43. The van der Waals surface area contributed by atoms with Gasteiger partial charge in [-0.2, -0.15) is 0 Å². The largest absolute Gasteiger partial charge is 0.493 e. The number of anilines is 1. The van der Waals surface area contributed by atoms with Gasteiger partial charge in [0.25, 0.3) is 0 Å². The number of piperidine rings is 1. The Morgan fingerprint density at radius 2 is 1.88 bits per heavy atom. The minimum Gasteiger partial charge on any atom is -0.493 e. The highest BCUT2D eigenvalue weighted by Gasteiger charge is 2.23. The predicted octanol–water partition coefficient (Wildman–Crippen LogP) is 3.04. The fourth-order valence-corrected chi connectivity index (χ4v) is 3.02. The molecule has 1 saturated heterocycles. The van der Waals surface area contributed by atoms with Crippen LogP contribution >= 0.6 is 0 Å². The van der Waals surface area contributed by atoms with E-state index in [4.69, 9.17) is 9.47 Å². The molecule has 0 unspecified atom stereocenters. The van der Waals surface area contributed by atoms with E-state index in [-0.39, 0.29) is 11.9 Å². The third kappa shape index (κ3) is 3.90. The smallest absolute Gasteiger partial charge is 0.225 e. The molecule has 6 nitrogen and oxygen atoms in total. The summed E-state index contributed by atoms with van der Waals surface area (Å²) >= 11 is 0. The second kappa shape index (κ2) is 7.51. The number of rotatable bonds is 5. The van der Waals surface area contributed by atoms with Crippen molar-refractivity contribution in [2.24, 2.45) is 0 Å². The van der Waals surface area contributed by atoms with E-state index in [0.717, 1.165) is 43.1 Å². The van der Waals surface area contributed by atoms with Gasteiger partial charge in [0.05, 0.1) is 18.4 Å². The average Bonchev–Trinajstić information content (AvgIpc) is 2.62. The number of aromatic nitrogens is 2.